The number of carbonyl (C=O) groups is 1. The lowest BCUT2D eigenvalue weighted by molar-refractivity contribution is 0.0691. The molecule has 0 atom stereocenters. The number of benzene rings is 1. The number of aromatic nitrogens is 2. The van der Waals surface area contributed by atoms with Gasteiger partial charge in [0.15, 0.2) is 5.69 Å². The summed E-state index contributed by atoms with van der Waals surface area (Å²) in [5, 5.41) is 17.8. The van der Waals surface area contributed by atoms with E-state index in [0.29, 0.717) is 6.54 Å². The van der Waals surface area contributed by atoms with Gasteiger partial charge in [-0.15, -0.1) is 0 Å². The Balaban J connectivity index is 1.97. The first-order valence-corrected chi connectivity index (χ1v) is 5.18. The summed E-state index contributed by atoms with van der Waals surface area (Å²) in [4.78, 5) is 14.4. The molecule has 0 spiro atoms. The van der Waals surface area contributed by atoms with Gasteiger partial charge in [0.05, 0.1) is 6.33 Å². The van der Waals surface area contributed by atoms with Crippen molar-refractivity contribution in [3.05, 3.63) is 48.0 Å². The zero-order valence-corrected chi connectivity index (χ0v) is 9.08. The number of imidazole rings is 1. The summed E-state index contributed by atoms with van der Waals surface area (Å²) in [7, 11) is 0. The topological polar surface area (TPSA) is 75.3 Å². The van der Waals surface area contributed by atoms with Gasteiger partial charge in [0.25, 0.3) is 0 Å². The molecule has 1 heterocycles. The van der Waals surface area contributed by atoms with Crippen LogP contribution in [0.5, 0.6) is 5.75 Å². The van der Waals surface area contributed by atoms with E-state index in [1.54, 1.807) is 16.7 Å². The molecule has 17 heavy (non-hydrogen) atoms. The fourth-order valence-corrected chi connectivity index (χ4v) is 1.51. The third kappa shape index (κ3) is 2.84. The predicted molar refractivity (Wildman–Crippen MR) is 61.0 cm³/mol. The lowest BCUT2D eigenvalue weighted by atomic mass is 10.1. The second-order valence-electron chi connectivity index (χ2n) is 3.72. The minimum atomic E-state index is -1.02. The summed E-state index contributed by atoms with van der Waals surface area (Å²) >= 11 is 0. The molecule has 2 aromatic rings. The maximum atomic E-state index is 10.6. The highest BCUT2D eigenvalue weighted by molar-refractivity contribution is 5.84. The van der Waals surface area contributed by atoms with E-state index < -0.39 is 5.97 Å². The Hall–Kier alpha value is -2.30. The molecule has 5 nitrogen and oxygen atoms in total. The van der Waals surface area contributed by atoms with Crippen molar-refractivity contribution in [2.75, 3.05) is 0 Å². The Morgan fingerprint density at radius 3 is 2.59 bits per heavy atom. The number of rotatable bonds is 4. The van der Waals surface area contributed by atoms with Crippen LogP contribution >= 0.6 is 0 Å². The molecule has 0 unspecified atom stereocenters. The van der Waals surface area contributed by atoms with Crippen molar-refractivity contribution < 1.29 is 15.0 Å². The van der Waals surface area contributed by atoms with E-state index in [1.807, 2.05) is 12.1 Å². The number of aromatic hydroxyl groups is 1. The zero-order valence-electron chi connectivity index (χ0n) is 9.08. The summed E-state index contributed by atoms with van der Waals surface area (Å²) in [6.07, 6.45) is 3.77. The molecule has 0 aliphatic rings. The van der Waals surface area contributed by atoms with E-state index >= 15 is 0 Å². The molecular weight excluding hydrogens is 220 g/mol. The number of aryl methyl sites for hydroxylation is 2. The SMILES string of the molecule is O=C(O)c1cn(CCc2ccc(O)cc2)cn1. The van der Waals surface area contributed by atoms with Crippen LogP contribution in [0, 0.1) is 0 Å². The molecule has 2 rings (SSSR count). The van der Waals surface area contributed by atoms with E-state index in [0.717, 1.165) is 12.0 Å². The molecular formula is C12H12N2O3. The number of aromatic carboxylic acids is 1. The summed E-state index contributed by atoms with van der Waals surface area (Å²) in [6.45, 7) is 0.658. The molecule has 0 aliphatic heterocycles. The Bertz CT molecular complexity index is 517. The standard InChI is InChI=1S/C12H12N2O3/c15-10-3-1-9(2-4-10)5-6-14-7-11(12(16)17)13-8-14/h1-4,7-8,15H,5-6H2,(H,16,17). The normalized spacial score (nSPS) is 10.4. The molecule has 0 fully saturated rings. The van der Waals surface area contributed by atoms with Crippen LogP contribution in [0.4, 0.5) is 0 Å². The lowest BCUT2D eigenvalue weighted by Crippen LogP contribution is -1.99. The van der Waals surface area contributed by atoms with E-state index in [1.165, 1.54) is 12.5 Å². The number of carboxylic acids is 1. The highest BCUT2D eigenvalue weighted by Gasteiger charge is 2.05. The molecule has 0 saturated heterocycles. The van der Waals surface area contributed by atoms with Crippen molar-refractivity contribution in [1.82, 2.24) is 9.55 Å². The van der Waals surface area contributed by atoms with Gasteiger partial charge in [-0.1, -0.05) is 12.1 Å². The Morgan fingerprint density at radius 1 is 1.29 bits per heavy atom. The van der Waals surface area contributed by atoms with E-state index in [9.17, 15) is 4.79 Å². The van der Waals surface area contributed by atoms with Crippen LogP contribution in [0.2, 0.25) is 0 Å². The van der Waals surface area contributed by atoms with Gasteiger partial charge in [0, 0.05) is 12.7 Å². The van der Waals surface area contributed by atoms with Gasteiger partial charge in [-0.3, -0.25) is 0 Å². The quantitative estimate of drug-likeness (QED) is 0.838. The van der Waals surface area contributed by atoms with Crippen LogP contribution in [-0.4, -0.2) is 25.7 Å². The minimum Gasteiger partial charge on any atom is -0.508 e. The number of carboxylic acid groups (broad SMARTS) is 1. The van der Waals surface area contributed by atoms with Crippen molar-refractivity contribution in [2.24, 2.45) is 0 Å². The second-order valence-corrected chi connectivity index (χ2v) is 3.72. The lowest BCUT2D eigenvalue weighted by Gasteiger charge is -2.02. The molecule has 5 heteroatoms. The fraction of sp³-hybridized carbons (Fsp3) is 0.167. The third-order valence-electron chi connectivity index (χ3n) is 2.45. The van der Waals surface area contributed by atoms with Gasteiger partial charge in [0.1, 0.15) is 5.75 Å². The first-order chi connectivity index (χ1) is 8.15. The molecule has 0 amide bonds. The molecule has 1 aromatic heterocycles. The number of hydrogen-bond donors (Lipinski definition) is 2. The maximum absolute atomic E-state index is 10.6. The second kappa shape index (κ2) is 4.69. The molecule has 0 saturated carbocycles. The first kappa shape index (κ1) is 11.2. The summed E-state index contributed by atoms with van der Waals surface area (Å²) < 4.78 is 1.73. The fourth-order valence-electron chi connectivity index (χ4n) is 1.51. The summed E-state index contributed by atoms with van der Waals surface area (Å²) in [5.41, 5.74) is 1.13. The van der Waals surface area contributed by atoms with Gasteiger partial charge < -0.3 is 14.8 Å². The van der Waals surface area contributed by atoms with Crippen LogP contribution in [-0.2, 0) is 13.0 Å². The Morgan fingerprint density at radius 2 is 2.00 bits per heavy atom. The van der Waals surface area contributed by atoms with E-state index in [-0.39, 0.29) is 11.4 Å². The maximum Gasteiger partial charge on any atom is 0.356 e. The molecule has 1 aromatic carbocycles. The highest BCUT2D eigenvalue weighted by atomic mass is 16.4. The minimum absolute atomic E-state index is 0.0516. The van der Waals surface area contributed by atoms with Crippen LogP contribution < -0.4 is 0 Å². The first-order valence-electron chi connectivity index (χ1n) is 5.18. The van der Waals surface area contributed by atoms with Gasteiger partial charge in [-0.25, -0.2) is 9.78 Å². The molecule has 0 aliphatic carbocycles. The van der Waals surface area contributed by atoms with Gasteiger partial charge >= 0.3 is 5.97 Å². The average Bonchev–Trinajstić information content (AvgIpc) is 2.77. The van der Waals surface area contributed by atoms with Gasteiger partial charge in [-0.05, 0) is 24.1 Å². The van der Waals surface area contributed by atoms with Crippen LogP contribution in [0.25, 0.3) is 0 Å². The van der Waals surface area contributed by atoms with Crippen LogP contribution in [0.1, 0.15) is 16.1 Å². The summed E-state index contributed by atoms with van der Waals surface area (Å²) in [5.74, 6) is -0.780. The van der Waals surface area contributed by atoms with E-state index in [2.05, 4.69) is 4.98 Å². The number of hydrogen-bond acceptors (Lipinski definition) is 3. The average molecular weight is 232 g/mol. The van der Waals surface area contributed by atoms with Crippen molar-refractivity contribution in [3.63, 3.8) is 0 Å². The highest BCUT2D eigenvalue weighted by Crippen LogP contribution is 2.10. The number of phenols is 1. The van der Waals surface area contributed by atoms with Crippen LogP contribution in [0.3, 0.4) is 0 Å². The third-order valence-corrected chi connectivity index (χ3v) is 2.45. The molecule has 2 N–H and O–H groups in total. The molecule has 88 valence electrons. The van der Waals surface area contributed by atoms with Gasteiger partial charge in [0.2, 0.25) is 0 Å². The van der Waals surface area contributed by atoms with Crippen molar-refractivity contribution in [3.8, 4) is 5.75 Å². The monoisotopic (exact) mass is 232 g/mol. The smallest absolute Gasteiger partial charge is 0.356 e. The zero-order chi connectivity index (χ0) is 12.3. The van der Waals surface area contributed by atoms with E-state index in [4.69, 9.17) is 10.2 Å². The Kier molecular flexibility index (Phi) is 3.09. The van der Waals surface area contributed by atoms with Gasteiger partial charge in [-0.2, -0.15) is 0 Å². The number of nitrogens with zero attached hydrogens (tertiary/aromatic N) is 2. The van der Waals surface area contributed by atoms with Crippen molar-refractivity contribution in [2.45, 2.75) is 13.0 Å². The largest absolute Gasteiger partial charge is 0.508 e. The number of phenolic OH excluding ortho intramolecular Hbond substituents is 1. The molecule has 0 radical (unpaired) electrons. The molecule has 0 bridgehead atoms. The Labute approximate surface area is 98.0 Å². The summed E-state index contributed by atoms with van der Waals surface area (Å²) in [6, 6.07) is 6.94. The van der Waals surface area contributed by atoms with Crippen LogP contribution in [0.15, 0.2) is 36.8 Å². The van der Waals surface area contributed by atoms with Crippen molar-refractivity contribution in [1.29, 1.82) is 0 Å². The predicted octanol–water partition coefficient (Wildman–Crippen LogP) is 1.53. The van der Waals surface area contributed by atoms with Crippen molar-refractivity contribution >= 4 is 5.97 Å².